The Bertz CT molecular complexity index is 841. The molecular formula is C19H21N3O6. The van der Waals surface area contributed by atoms with Gasteiger partial charge in [0, 0.05) is 19.0 Å². The summed E-state index contributed by atoms with van der Waals surface area (Å²) >= 11 is 0. The Morgan fingerprint density at radius 3 is 2.46 bits per heavy atom. The Labute approximate surface area is 161 Å². The summed E-state index contributed by atoms with van der Waals surface area (Å²) in [6, 6.07) is 3.88. The molecule has 4 atom stereocenters. The van der Waals surface area contributed by atoms with Crippen molar-refractivity contribution in [1.29, 1.82) is 0 Å². The van der Waals surface area contributed by atoms with E-state index < -0.39 is 10.8 Å². The third kappa shape index (κ3) is 2.90. The Kier molecular flexibility index (Phi) is 4.52. The molecule has 0 radical (unpaired) electrons. The number of nitrogens with one attached hydrogen (secondary N) is 1. The molecule has 4 rings (SSSR count). The molecule has 3 amide bonds. The zero-order valence-corrected chi connectivity index (χ0v) is 15.4. The summed E-state index contributed by atoms with van der Waals surface area (Å²) in [5, 5.41) is 13.5. The van der Waals surface area contributed by atoms with Gasteiger partial charge in [-0.15, -0.1) is 0 Å². The molecule has 2 bridgehead atoms. The van der Waals surface area contributed by atoms with Crippen LogP contribution in [0.25, 0.3) is 0 Å². The first kappa shape index (κ1) is 18.4. The van der Waals surface area contributed by atoms with E-state index >= 15 is 0 Å². The van der Waals surface area contributed by atoms with E-state index in [0.717, 1.165) is 19.3 Å². The molecule has 1 saturated heterocycles. The molecule has 1 aliphatic heterocycles. The first-order valence-electron chi connectivity index (χ1n) is 9.38. The van der Waals surface area contributed by atoms with E-state index in [9.17, 15) is 24.5 Å². The fourth-order valence-corrected chi connectivity index (χ4v) is 5.01. The van der Waals surface area contributed by atoms with Crippen molar-refractivity contribution in [2.45, 2.75) is 25.7 Å². The summed E-state index contributed by atoms with van der Waals surface area (Å²) in [7, 11) is 1.35. The SMILES string of the molecule is COc1cc([N+](=O)[O-])ccc1NC(=O)CCN1C(=O)[C@@H]2[C@H]3CC[C@@H](C3)[C@H]2C1=O. The number of methoxy groups -OCH3 is 1. The Balaban J connectivity index is 1.38. The number of imide groups is 1. The number of anilines is 1. The van der Waals surface area contributed by atoms with E-state index in [1.807, 2.05) is 0 Å². The van der Waals surface area contributed by atoms with Crippen LogP contribution in [0.2, 0.25) is 0 Å². The molecule has 2 saturated carbocycles. The van der Waals surface area contributed by atoms with Gasteiger partial charge in [-0.2, -0.15) is 0 Å². The van der Waals surface area contributed by atoms with Crippen LogP contribution in [0.4, 0.5) is 11.4 Å². The van der Waals surface area contributed by atoms with Crippen molar-refractivity contribution in [1.82, 2.24) is 4.90 Å². The molecule has 0 spiro atoms. The van der Waals surface area contributed by atoms with Gasteiger partial charge in [0.15, 0.2) is 0 Å². The lowest BCUT2D eigenvalue weighted by Crippen LogP contribution is -2.35. The van der Waals surface area contributed by atoms with Crippen molar-refractivity contribution in [3.63, 3.8) is 0 Å². The predicted octanol–water partition coefficient (Wildman–Crippen LogP) is 1.96. The highest BCUT2D eigenvalue weighted by Gasteiger charge is 2.60. The van der Waals surface area contributed by atoms with Crippen molar-refractivity contribution in [3.05, 3.63) is 28.3 Å². The number of non-ortho nitro benzene ring substituents is 1. The second-order valence-electron chi connectivity index (χ2n) is 7.65. The zero-order chi connectivity index (χ0) is 20.0. The summed E-state index contributed by atoms with van der Waals surface area (Å²) in [6.07, 6.45) is 2.96. The highest BCUT2D eigenvalue weighted by atomic mass is 16.6. The second kappa shape index (κ2) is 6.88. The average molecular weight is 387 g/mol. The van der Waals surface area contributed by atoms with Gasteiger partial charge >= 0.3 is 0 Å². The van der Waals surface area contributed by atoms with E-state index in [2.05, 4.69) is 5.32 Å². The summed E-state index contributed by atoms with van der Waals surface area (Å²) in [5.41, 5.74) is 0.149. The maximum absolute atomic E-state index is 12.6. The number of nitro benzene ring substituents is 1. The van der Waals surface area contributed by atoms with Crippen LogP contribution in [0.5, 0.6) is 5.75 Å². The third-order valence-corrected chi connectivity index (χ3v) is 6.25. The molecule has 0 aromatic heterocycles. The van der Waals surface area contributed by atoms with Gasteiger partial charge in [0.05, 0.1) is 35.6 Å². The lowest BCUT2D eigenvalue weighted by molar-refractivity contribution is -0.384. The number of carbonyl (C=O) groups is 3. The third-order valence-electron chi connectivity index (χ3n) is 6.25. The number of amides is 3. The van der Waals surface area contributed by atoms with Crippen LogP contribution >= 0.6 is 0 Å². The molecule has 3 fully saturated rings. The summed E-state index contributed by atoms with van der Waals surface area (Å²) < 4.78 is 5.09. The normalized spacial score (nSPS) is 27.8. The summed E-state index contributed by atoms with van der Waals surface area (Å²) in [5.74, 6) is -0.252. The van der Waals surface area contributed by atoms with Gasteiger partial charge in [-0.05, 0) is 37.2 Å². The molecule has 0 unspecified atom stereocenters. The largest absolute Gasteiger partial charge is 0.494 e. The molecule has 2 aliphatic carbocycles. The van der Waals surface area contributed by atoms with Crippen molar-refractivity contribution in [2.75, 3.05) is 19.0 Å². The van der Waals surface area contributed by atoms with Crippen LogP contribution in [0.1, 0.15) is 25.7 Å². The fourth-order valence-electron chi connectivity index (χ4n) is 5.01. The van der Waals surface area contributed by atoms with Crippen molar-refractivity contribution < 1.29 is 24.0 Å². The van der Waals surface area contributed by atoms with Gasteiger partial charge in [0.2, 0.25) is 17.7 Å². The van der Waals surface area contributed by atoms with Gasteiger partial charge in [-0.1, -0.05) is 0 Å². The molecule has 28 heavy (non-hydrogen) atoms. The van der Waals surface area contributed by atoms with Gasteiger partial charge in [0.1, 0.15) is 5.75 Å². The second-order valence-corrected chi connectivity index (χ2v) is 7.65. The number of rotatable bonds is 6. The van der Waals surface area contributed by atoms with Crippen molar-refractivity contribution in [3.8, 4) is 5.75 Å². The number of likely N-dealkylation sites (tertiary alicyclic amines) is 1. The van der Waals surface area contributed by atoms with Gasteiger partial charge < -0.3 is 10.1 Å². The van der Waals surface area contributed by atoms with Crippen LogP contribution in [0.15, 0.2) is 18.2 Å². The van der Waals surface area contributed by atoms with Gasteiger partial charge in [-0.25, -0.2) is 0 Å². The number of nitro groups is 1. The fraction of sp³-hybridized carbons (Fsp3) is 0.526. The minimum absolute atomic E-state index is 0.0353. The number of hydrogen-bond acceptors (Lipinski definition) is 6. The minimum atomic E-state index is -0.553. The highest BCUT2D eigenvalue weighted by Crippen LogP contribution is 2.56. The van der Waals surface area contributed by atoms with E-state index in [0.29, 0.717) is 17.5 Å². The lowest BCUT2D eigenvalue weighted by atomic mass is 9.81. The number of ether oxygens (including phenoxy) is 1. The number of hydrogen-bond donors (Lipinski definition) is 1. The molecule has 9 heteroatoms. The van der Waals surface area contributed by atoms with Crippen LogP contribution < -0.4 is 10.1 Å². The quantitative estimate of drug-likeness (QED) is 0.453. The number of nitrogens with zero attached hydrogens (tertiary/aromatic N) is 2. The van der Waals surface area contributed by atoms with E-state index in [1.165, 1.54) is 30.2 Å². The maximum Gasteiger partial charge on any atom is 0.273 e. The number of carbonyl (C=O) groups excluding carboxylic acids is 3. The smallest absolute Gasteiger partial charge is 0.273 e. The highest BCUT2D eigenvalue weighted by molar-refractivity contribution is 6.06. The molecular weight excluding hydrogens is 366 g/mol. The number of fused-ring (bicyclic) bond motifs is 5. The average Bonchev–Trinajstić information content (AvgIpc) is 3.35. The standard InChI is InChI=1S/C19H21N3O6/c1-28-14-9-12(22(26)27)4-5-13(14)20-15(23)6-7-21-18(24)16-10-2-3-11(8-10)17(16)19(21)25/h4-5,9-11,16-17H,2-3,6-8H2,1H3,(H,20,23)/t10-,11-,16+,17+/m0/s1. The first-order chi connectivity index (χ1) is 13.4. The lowest BCUT2D eigenvalue weighted by Gasteiger charge is -2.19. The molecule has 1 aromatic rings. The Hall–Kier alpha value is -2.97. The van der Waals surface area contributed by atoms with E-state index in [1.54, 1.807) is 0 Å². The van der Waals surface area contributed by atoms with E-state index in [-0.39, 0.29) is 48.1 Å². The Morgan fingerprint density at radius 1 is 1.25 bits per heavy atom. The van der Waals surface area contributed by atoms with Gasteiger partial charge in [0.25, 0.3) is 5.69 Å². The molecule has 148 valence electrons. The molecule has 1 heterocycles. The first-order valence-corrected chi connectivity index (χ1v) is 9.38. The monoisotopic (exact) mass is 387 g/mol. The maximum atomic E-state index is 12.6. The van der Waals surface area contributed by atoms with Crippen molar-refractivity contribution in [2.24, 2.45) is 23.7 Å². The summed E-state index contributed by atoms with van der Waals surface area (Å²) in [4.78, 5) is 49.1. The van der Waals surface area contributed by atoms with Crippen LogP contribution in [-0.2, 0) is 14.4 Å². The van der Waals surface area contributed by atoms with E-state index in [4.69, 9.17) is 4.74 Å². The predicted molar refractivity (Wildman–Crippen MR) is 97.4 cm³/mol. The minimum Gasteiger partial charge on any atom is -0.494 e. The molecule has 9 nitrogen and oxygen atoms in total. The van der Waals surface area contributed by atoms with Gasteiger partial charge in [-0.3, -0.25) is 29.4 Å². The topological polar surface area (TPSA) is 119 Å². The summed E-state index contributed by atoms with van der Waals surface area (Å²) in [6.45, 7) is 0.0469. The molecule has 3 aliphatic rings. The van der Waals surface area contributed by atoms with Crippen LogP contribution in [0.3, 0.4) is 0 Å². The van der Waals surface area contributed by atoms with Crippen molar-refractivity contribution >= 4 is 29.1 Å². The number of benzene rings is 1. The molecule has 1 aromatic carbocycles. The van der Waals surface area contributed by atoms with Crippen LogP contribution in [0, 0.1) is 33.8 Å². The van der Waals surface area contributed by atoms with Crippen LogP contribution in [-0.4, -0.2) is 41.2 Å². The molecule has 1 N–H and O–H groups in total. The zero-order valence-electron chi connectivity index (χ0n) is 15.4. The Morgan fingerprint density at radius 2 is 1.89 bits per heavy atom.